The van der Waals surface area contributed by atoms with E-state index in [1.54, 1.807) is 0 Å². The lowest BCUT2D eigenvalue weighted by molar-refractivity contribution is 0.254. The third-order valence-electron chi connectivity index (χ3n) is 2.72. The van der Waals surface area contributed by atoms with Gasteiger partial charge in [0.1, 0.15) is 0 Å². The lowest BCUT2D eigenvalue weighted by Gasteiger charge is -2.29. The summed E-state index contributed by atoms with van der Waals surface area (Å²) < 4.78 is 0. The molecular weight excluding hydrogens is 122 g/mol. The second-order valence-corrected chi connectivity index (χ2v) is 3.89. The van der Waals surface area contributed by atoms with E-state index in [4.69, 9.17) is 5.73 Å². The van der Waals surface area contributed by atoms with Crippen LogP contribution in [0.2, 0.25) is 0 Å². The normalized spacial score (nSPS) is 37.5. The maximum Gasteiger partial charge on any atom is 0.00388 e. The molecule has 0 amide bonds. The predicted octanol–water partition coefficient (Wildman–Crippen LogP) is 2.16. The zero-order chi connectivity index (χ0) is 7.56. The molecule has 0 heterocycles. The molecule has 1 rings (SSSR count). The Balaban J connectivity index is 2.32. The van der Waals surface area contributed by atoms with Crippen molar-refractivity contribution in [1.82, 2.24) is 0 Å². The number of hydrogen-bond acceptors (Lipinski definition) is 1. The van der Waals surface area contributed by atoms with E-state index in [2.05, 4.69) is 13.8 Å². The van der Waals surface area contributed by atoms with Crippen LogP contribution in [0.1, 0.15) is 39.5 Å². The van der Waals surface area contributed by atoms with Crippen molar-refractivity contribution in [1.29, 1.82) is 0 Å². The summed E-state index contributed by atoms with van der Waals surface area (Å²) in [5, 5.41) is 0. The highest BCUT2D eigenvalue weighted by molar-refractivity contribution is 4.75. The van der Waals surface area contributed by atoms with E-state index in [-0.39, 0.29) is 0 Å². The quantitative estimate of drug-likeness (QED) is 0.595. The first-order chi connectivity index (χ1) is 4.70. The molecule has 1 fully saturated rings. The molecular formula is C9H19N. The first kappa shape index (κ1) is 8.06. The Kier molecular flexibility index (Phi) is 2.72. The molecule has 0 aromatic heterocycles. The Morgan fingerprint density at radius 2 is 2.10 bits per heavy atom. The summed E-state index contributed by atoms with van der Waals surface area (Å²) in [5.74, 6) is 1.73. The summed E-state index contributed by atoms with van der Waals surface area (Å²) in [6.45, 7) is 4.48. The van der Waals surface area contributed by atoms with Crippen LogP contribution in [0.5, 0.6) is 0 Å². The Morgan fingerprint density at radius 1 is 1.40 bits per heavy atom. The molecule has 10 heavy (non-hydrogen) atoms. The average molecular weight is 141 g/mol. The van der Waals surface area contributed by atoms with Crippen LogP contribution >= 0.6 is 0 Å². The van der Waals surface area contributed by atoms with Gasteiger partial charge >= 0.3 is 0 Å². The van der Waals surface area contributed by atoms with Crippen molar-refractivity contribution < 1.29 is 0 Å². The van der Waals surface area contributed by atoms with Gasteiger partial charge in [-0.15, -0.1) is 0 Å². The molecule has 2 N–H and O–H groups in total. The molecule has 0 radical (unpaired) electrons. The maximum atomic E-state index is 5.83. The molecule has 0 bridgehead atoms. The van der Waals surface area contributed by atoms with Crippen LogP contribution < -0.4 is 5.73 Å². The predicted molar refractivity (Wildman–Crippen MR) is 44.8 cm³/mol. The van der Waals surface area contributed by atoms with Gasteiger partial charge in [-0.3, -0.25) is 0 Å². The number of rotatable bonds is 1. The largest absolute Gasteiger partial charge is 0.328 e. The Labute approximate surface area is 64.0 Å². The summed E-state index contributed by atoms with van der Waals surface area (Å²) in [4.78, 5) is 0. The minimum Gasteiger partial charge on any atom is -0.328 e. The SMILES string of the molecule is CC1CCCC([C@@H](C)N)C1. The zero-order valence-corrected chi connectivity index (χ0v) is 7.14. The lowest BCUT2D eigenvalue weighted by atomic mass is 9.79. The molecule has 2 unspecified atom stereocenters. The molecule has 0 aromatic carbocycles. The van der Waals surface area contributed by atoms with Gasteiger partial charge in [0, 0.05) is 6.04 Å². The van der Waals surface area contributed by atoms with E-state index in [0.717, 1.165) is 11.8 Å². The molecule has 3 atom stereocenters. The van der Waals surface area contributed by atoms with Gasteiger partial charge in [0.15, 0.2) is 0 Å². The van der Waals surface area contributed by atoms with Crippen LogP contribution in [0, 0.1) is 11.8 Å². The zero-order valence-electron chi connectivity index (χ0n) is 7.14. The molecule has 1 nitrogen and oxygen atoms in total. The molecule has 1 aliphatic carbocycles. The van der Waals surface area contributed by atoms with E-state index in [9.17, 15) is 0 Å². The van der Waals surface area contributed by atoms with Crippen molar-refractivity contribution in [2.45, 2.75) is 45.6 Å². The van der Waals surface area contributed by atoms with E-state index < -0.39 is 0 Å². The van der Waals surface area contributed by atoms with Crippen molar-refractivity contribution in [2.24, 2.45) is 17.6 Å². The molecule has 0 saturated heterocycles. The smallest absolute Gasteiger partial charge is 0.00388 e. The van der Waals surface area contributed by atoms with Crippen LogP contribution in [0.4, 0.5) is 0 Å². The summed E-state index contributed by atoms with van der Waals surface area (Å²) in [6.07, 6.45) is 5.54. The highest BCUT2D eigenvalue weighted by Gasteiger charge is 2.21. The first-order valence-electron chi connectivity index (χ1n) is 4.45. The van der Waals surface area contributed by atoms with Crippen molar-refractivity contribution in [3.8, 4) is 0 Å². The molecule has 1 heteroatoms. The van der Waals surface area contributed by atoms with E-state index >= 15 is 0 Å². The van der Waals surface area contributed by atoms with Crippen LogP contribution in [0.3, 0.4) is 0 Å². The molecule has 1 saturated carbocycles. The fraction of sp³-hybridized carbons (Fsp3) is 1.00. The van der Waals surface area contributed by atoms with Crippen molar-refractivity contribution in [3.63, 3.8) is 0 Å². The van der Waals surface area contributed by atoms with Crippen LogP contribution in [-0.2, 0) is 0 Å². The van der Waals surface area contributed by atoms with Gasteiger partial charge in [-0.2, -0.15) is 0 Å². The maximum absolute atomic E-state index is 5.83. The van der Waals surface area contributed by atoms with Crippen molar-refractivity contribution in [2.75, 3.05) is 0 Å². The summed E-state index contributed by atoms with van der Waals surface area (Å²) in [6, 6.07) is 0.419. The van der Waals surface area contributed by atoms with E-state index in [1.165, 1.54) is 25.7 Å². The van der Waals surface area contributed by atoms with Crippen LogP contribution in [-0.4, -0.2) is 6.04 Å². The van der Waals surface area contributed by atoms with Gasteiger partial charge in [0.25, 0.3) is 0 Å². The molecule has 0 spiro atoms. The monoisotopic (exact) mass is 141 g/mol. The third-order valence-corrected chi connectivity index (χ3v) is 2.72. The number of nitrogens with two attached hydrogens (primary N) is 1. The third kappa shape index (κ3) is 1.98. The van der Waals surface area contributed by atoms with Crippen LogP contribution in [0.25, 0.3) is 0 Å². The molecule has 0 aromatic rings. The Bertz CT molecular complexity index is 98.9. The van der Waals surface area contributed by atoms with Gasteiger partial charge in [-0.05, 0) is 31.6 Å². The fourth-order valence-corrected chi connectivity index (χ4v) is 1.96. The van der Waals surface area contributed by atoms with Crippen molar-refractivity contribution in [3.05, 3.63) is 0 Å². The van der Waals surface area contributed by atoms with Gasteiger partial charge in [0.2, 0.25) is 0 Å². The summed E-state index contributed by atoms with van der Waals surface area (Å²) in [5.41, 5.74) is 5.83. The van der Waals surface area contributed by atoms with E-state index in [1.807, 2.05) is 0 Å². The molecule has 0 aliphatic heterocycles. The number of hydrogen-bond donors (Lipinski definition) is 1. The van der Waals surface area contributed by atoms with Gasteiger partial charge in [-0.25, -0.2) is 0 Å². The highest BCUT2D eigenvalue weighted by atomic mass is 14.6. The second-order valence-electron chi connectivity index (χ2n) is 3.89. The minimum atomic E-state index is 0.419. The molecule has 1 aliphatic rings. The highest BCUT2D eigenvalue weighted by Crippen LogP contribution is 2.29. The van der Waals surface area contributed by atoms with Gasteiger partial charge in [0.05, 0.1) is 0 Å². The molecule has 60 valence electrons. The van der Waals surface area contributed by atoms with E-state index in [0.29, 0.717) is 6.04 Å². The van der Waals surface area contributed by atoms with Crippen LogP contribution in [0.15, 0.2) is 0 Å². The topological polar surface area (TPSA) is 26.0 Å². The standard InChI is InChI=1S/C9H19N/c1-7-4-3-5-9(6-7)8(2)10/h7-9H,3-6,10H2,1-2H3/t7?,8-,9?/m1/s1. The second kappa shape index (κ2) is 3.38. The first-order valence-corrected chi connectivity index (χ1v) is 4.45. The average Bonchev–Trinajstić information content (AvgIpc) is 1.88. The summed E-state index contributed by atoms with van der Waals surface area (Å²) in [7, 11) is 0. The van der Waals surface area contributed by atoms with Gasteiger partial charge in [-0.1, -0.05) is 19.8 Å². The minimum absolute atomic E-state index is 0.419. The Morgan fingerprint density at radius 3 is 2.50 bits per heavy atom. The summed E-state index contributed by atoms with van der Waals surface area (Å²) >= 11 is 0. The lowest BCUT2D eigenvalue weighted by Crippen LogP contribution is -2.30. The van der Waals surface area contributed by atoms with Gasteiger partial charge < -0.3 is 5.73 Å². The van der Waals surface area contributed by atoms with Crippen molar-refractivity contribution >= 4 is 0 Å². The Hall–Kier alpha value is -0.0400. The fourth-order valence-electron chi connectivity index (χ4n) is 1.96.